The van der Waals surface area contributed by atoms with Crippen LogP contribution in [0.2, 0.25) is 0 Å². The van der Waals surface area contributed by atoms with Crippen LogP contribution in [-0.4, -0.2) is 18.0 Å². The molecule has 0 aliphatic carbocycles. The van der Waals surface area contributed by atoms with Crippen molar-refractivity contribution in [3.05, 3.63) is 29.8 Å². The third-order valence-electron chi connectivity index (χ3n) is 2.59. The van der Waals surface area contributed by atoms with Crippen LogP contribution in [-0.2, 0) is 6.54 Å². The molecule has 1 fully saturated rings. The normalized spacial score (nSPS) is 19.7. The molecule has 0 aromatic heterocycles. The first kappa shape index (κ1) is 7.93. The predicted octanol–water partition coefficient (Wildman–Crippen LogP) is 2.39. The lowest BCUT2D eigenvalue weighted by Crippen LogP contribution is -2.28. The van der Waals surface area contributed by atoms with Gasteiger partial charge in [-0.15, -0.1) is 0 Å². The van der Waals surface area contributed by atoms with Crippen molar-refractivity contribution in [3.63, 3.8) is 0 Å². The third-order valence-corrected chi connectivity index (χ3v) is 2.59. The number of hydrogen-bond acceptors (Lipinski definition) is 1. The van der Waals surface area contributed by atoms with Crippen molar-refractivity contribution >= 4 is 0 Å². The number of hydrogen-bond donors (Lipinski definition) is 0. The van der Waals surface area contributed by atoms with Gasteiger partial charge in [0.05, 0.1) is 0 Å². The summed E-state index contributed by atoms with van der Waals surface area (Å²) in [6.07, 6.45) is 4.21. The van der Waals surface area contributed by atoms with Crippen LogP contribution < -0.4 is 0 Å². The molecule has 0 N–H and O–H groups in total. The van der Waals surface area contributed by atoms with E-state index in [4.69, 9.17) is 0 Å². The van der Waals surface area contributed by atoms with Crippen LogP contribution in [0, 0.1) is 0 Å². The average Bonchev–Trinajstić information content (AvgIpc) is 2.59. The van der Waals surface area contributed by atoms with Gasteiger partial charge in [-0.1, -0.05) is 6.42 Å². The lowest BCUT2D eigenvalue weighted by atomic mass is 10.1. The van der Waals surface area contributed by atoms with Gasteiger partial charge in [0, 0.05) is 0 Å². The molecule has 1 saturated heterocycles. The number of likely N-dealkylation sites (tertiary alicyclic amines) is 1. The highest BCUT2D eigenvalue weighted by Gasteiger charge is 2.07. The monoisotopic (exact) mass is 162 g/mol. The largest absolute Gasteiger partial charge is 0.311 e. The average molecular weight is 162 g/mol. The Labute approximate surface area is 74.4 Å². The summed E-state index contributed by atoms with van der Waals surface area (Å²) < 4.78 is 0. The predicted molar refractivity (Wildman–Crippen MR) is 51.2 cm³/mol. The molecule has 1 nitrogen and oxygen atoms in total. The first-order chi connectivity index (χ1) is 5.95. The molecule has 1 aliphatic heterocycles. The second kappa shape index (κ2) is 3.81. The Morgan fingerprint density at radius 2 is 2.08 bits per heavy atom. The van der Waals surface area contributed by atoms with Gasteiger partial charge in [-0.05, 0) is 32.5 Å². The fourth-order valence-electron chi connectivity index (χ4n) is 1.89. The quantitative estimate of drug-likeness (QED) is 0.603. The van der Waals surface area contributed by atoms with Gasteiger partial charge in [-0.2, -0.15) is 23.8 Å². The van der Waals surface area contributed by atoms with Gasteiger partial charge in [-0.3, -0.25) is 0 Å². The minimum atomic E-state index is 1.16. The van der Waals surface area contributed by atoms with E-state index in [0.717, 1.165) is 6.54 Å². The van der Waals surface area contributed by atoms with E-state index in [9.17, 15) is 0 Å². The Bertz CT molecular complexity index is 207. The SMILES string of the molecule is c1cc(CN2CCCCC2)c[cH-]1. The molecule has 0 amide bonds. The van der Waals surface area contributed by atoms with Crippen molar-refractivity contribution in [3.8, 4) is 0 Å². The van der Waals surface area contributed by atoms with Gasteiger partial charge in [0.15, 0.2) is 0 Å². The Morgan fingerprint density at radius 1 is 1.25 bits per heavy atom. The van der Waals surface area contributed by atoms with E-state index in [2.05, 4.69) is 29.2 Å². The lowest BCUT2D eigenvalue weighted by Gasteiger charge is -2.28. The summed E-state index contributed by atoms with van der Waals surface area (Å²) in [5.41, 5.74) is 1.47. The molecule has 2 rings (SSSR count). The molecule has 0 bridgehead atoms. The van der Waals surface area contributed by atoms with Gasteiger partial charge in [0.25, 0.3) is 0 Å². The number of rotatable bonds is 2. The zero-order valence-electron chi connectivity index (χ0n) is 7.50. The van der Waals surface area contributed by atoms with Crippen molar-refractivity contribution in [1.82, 2.24) is 4.90 Å². The van der Waals surface area contributed by atoms with E-state index in [1.54, 1.807) is 0 Å². The van der Waals surface area contributed by atoms with Crippen LogP contribution in [0.1, 0.15) is 24.8 Å². The second-order valence-corrected chi connectivity index (χ2v) is 3.63. The van der Waals surface area contributed by atoms with Crippen molar-refractivity contribution < 1.29 is 0 Å². The summed E-state index contributed by atoms with van der Waals surface area (Å²) in [5.74, 6) is 0. The maximum atomic E-state index is 2.55. The third kappa shape index (κ3) is 1.92. The van der Waals surface area contributed by atoms with E-state index in [1.807, 2.05) is 0 Å². The number of nitrogens with zero attached hydrogens (tertiary/aromatic N) is 1. The first-order valence-electron chi connectivity index (χ1n) is 4.88. The highest BCUT2D eigenvalue weighted by molar-refractivity contribution is 5.15. The maximum Gasteiger partial charge on any atom is -0.00268 e. The van der Waals surface area contributed by atoms with Crippen LogP contribution >= 0.6 is 0 Å². The molecule has 0 unspecified atom stereocenters. The second-order valence-electron chi connectivity index (χ2n) is 3.63. The molecular weight excluding hydrogens is 146 g/mol. The standard InChI is InChI=1S/C11H16N/c1-4-8-12(9-5-1)10-11-6-2-3-7-11/h2-3,6-7H,1,4-5,8-10H2/q-1. The molecule has 0 atom stereocenters. The fourth-order valence-corrected chi connectivity index (χ4v) is 1.89. The van der Waals surface area contributed by atoms with E-state index in [-0.39, 0.29) is 0 Å². The minimum Gasteiger partial charge on any atom is -0.311 e. The Morgan fingerprint density at radius 3 is 2.75 bits per heavy atom. The van der Waals surface area contributed by atoms with Crippen molar-refractivity contribution in [2.24, 2.45) is 0 Å². The Kier molecular flexibility index (Phi) is 2.52. The van der Waals surface area contributed by atoms with E-state index < -0.39 is 0 Å². The molecule has 0 spiro atoms. The molecule has 1 heteroatoms. The summed E-state index contributed by atoms with van der Waals surface area (Å²) in [7, 11) is 0. The highest BCUT2D eigenvalue weighted by atomic mass is 15.1. The van der Waals surface area contributed by atoms with Crippen LogP contribution in [0.3, 0.4) is 0 Å². The summed E-state index contributed by atoms with van der Waals surface area (Å²) >= 11 is 0. The summed E-state index contributed by atoms with van der Waals surface area (Å²) in [5, 5.41) is 0. The first-order valence-corrected chi connectivity index (χ1v) is 4.88. The van der Waals surface area contributed by atoms with Crippen LogP contribution in [0.4, 0.5) is 0 Å². The maximum absolute atomic E-state index is 2.55. The van der Waals surface area contributed by atoms with Crippen molar-refractivity contribution in [1.29, 1.82) is 0 Å². The molecule has 0 saturated carbocycles. The van der Waals surface area contributed by atoms with Crippen molar-refractivity contribution in [2.75, 3.05) is 13.1 Å². The zero-order chi connectivity index (χ0) is 8.23. The molecule has 1 aliphatic rings. The van der Waals surface area contributed by atoms with Crippen molar-refractivity contribution in [2.45, 2.75) is 25.8 Å². The van der Waals surface area contributed by atoms with Gasteiger partial charge in [0.2, 0.25) is 0 Å². The van der Waals surface area contributed by atoms with Crippen LogP contribution in [0.25, 0.3) is 0 Å². The zero-order valence-corrected chi connectivity index (χ0v) is 7.50. The van der Waals surface area contributed by atoms with E-state index >= 15 is 0 Å². The van der Waals surface area contributed by atoms with Gasteiger partial charge >= 0.3 is 0 Å². The van der Waals surface area contributed by atoms with Crippen LogP contribution in [0.5, 0.6) is 0 Å². The smallest absolute Gasteiger partial charge is 0.00268 e. The summed E-state index contributed by atoms with van der Waals surface area (Å²) in [6.45, 7) is 3.75. The van der Waals surface area contributed by atoms with Gasteiger partial charge in [-0.25, -0.2) is 6.07 Å². The molecule has 66 valence electrons. The topological polar surface area (TPSA) is 3.24 Å². The molecular formula is C11H16N-. The minimum absolute atomic E-state index is 1.16. The van der Waals surface area contributed by atoms with Gasteiger partial charge < -0.3 is 4.90 Å². The molecule has 1 aromatic rings. The fraction of sp³-hybridized carbons (Fsp3) is 0.545. The summed E-state index contributed by atoms with van der Waals surface area (Å²) in [4.78, 5) is 2.55. The van der Waals surface area contributed by atoms with Gasteiger partial charge in [0.1, 0.15) is 0 Å². The molecule has 0 radical (unpaired) electrons. The van der Waals surface area contributed by atoms with Crippen LogP contribution in [0.15, 0.2) is 24.3 Å². The summed E-state index contributed by atoms with van der Waals surface area (Å²) in [6, 6.07) is 8.68. The Balaban J connectivity index is 1.86. The molecule has 1 aromatic carbocycles. The molecule has 1 heterocycles. The highest BCUT2D eigenvalue weighted by Crippen LogP contribution is 2.12. The molecule has 12 heavy (non-hydrogen) atoms. The van der Waals surface area contributed by atoms with E-state index in [1.165, 1.54) is 37.9 Å². The Hall–Kier alpha value is -0.690. The lowest BCUT2D eigenvalue weighted by molar-refractivity contribution is 0.221. The number of piperidine rings is 1. The van der Waals surface area contributed by atoms with E-state index in [0.29, 0.717) is 0 Å².